The second kappa shape index (κ2) is 10.3. The van der Waals surface area contributed by atoms with E-state index in [2.05, 4.69) is 17.1 Å². The Bertz CT molecular complexity index is 1370. The van der Waals surface area contributed by atoms with Crippen LogP contribution in [0, 0.1) is 6.92 Å². The molecule has 2 N–H and O–H groups in total. The predicted molar refractivity (Wildman–Crippen MR) is 127 cm³/mol. The maximum atomic E-state index is 11.6. The van der Waals surface area contributed by atoms with Crippen molar-refractivity contribution in [2.24, 2.45) is 0 Å². The van der Waals surface area contributed by atoms with Crippen molar-refractivity contribution in [1.82, 2.24) is 9.72 Å². The number of nitrogens with zero attached hydrogens (tertiary/aromatic N) is 1. The molecule has 0 saturated heterocycles. The molecule has 0 amide bonds. The van der Waals surface area contributed by atoms with E-state index in [0.29, 0.717) is 12.4 Å². The molecule has 176 valence electrons. The van der Waals surface area contributed by atoms with E-state index in [9.17, 15) is 14.7 Å². The third-order valence-corrected chi connectivity index (χ3v) is 5.21. The molecule has 4 aromatic rings. The summed E-state index contributed by atoms with van der Waals surface area (Å²) in [5.74, 6) is 0.643. The van der Waals surface area contributed by atoms with Crippen LogP contribution in [0.3, 0.4) is 0 Å². The van der Waals surface area contributed by atoms with E-state index in [4.69, 9.17) is 14.0 Å². The number of H-pyrrole nitrogens is 1. The van der Waals surface area contributed by atoms with Gasteiger partial charge in [0.1, 0.15) is 24.7 Å². The van der Waals surface area contributed by atoms with E-state index >= 15 is 0 Å². The van der Waals surface area contributed by atoms with Crippen LogP contribution in [0.5, 0.6) is 11.5 Å². The van der Waals surface area contributed by atoms with Crippen LogP contribution in [-0.2, 0) is 13.2 Å². The monoisotopic (exact) mass is 462 g/mol. The second-order valence-electron chi connectivity index (χ2n) is 8.12. The summed E-state index contributed by atoms with van der Waals surface area (Å²) >= 11 is 0. The molecule has 0 aliphatic rings. The van der Waals surface area contributed by atoms with Crippen molar-refractivity contribution < 1.29 is 19.1 Å². The quantitative estimate of drug-likeness (QED) is 0.394. The Kier molecular flexibility index (Phi) is 6.98. The van der Waals surface area contributed by atoms with Crippen LogP contribution < -0.4 is 20.9 Å². The van der Waals surface area contributed by atoms with Crippen LogP contribution >= 0.6 is 0 Å². The molecule has 3 aromatic carbocycles. The average Bonchev–Trinajstić information content (AvgIpc) is 3.13. The first-order valence-corrected chi connectivity index (χ1v) is 10.9. The smallest absolute Gasteiger partial charge is 0.440 e. The summed E-state index contributed by atoms with van der Waals surface area (Å²) in [5, 5.41) is 9.40. The lowest BCUT2D eigenvalue weighted by Crippen LogP contribution is -2.17. The van der Waals surface area contributed by atoms with E-state index in [-0.39, 0.29) is 13.2 Å². The standard InChI is InChI=1S/C26H26N2O6/c1-17-12-23(32-15-18(2)29)10-11-24(17)21-5-3-4-20(13-21)16-33-22-8-6-19(7-9-22)14-28-25(30)27-26(31)34-28/h3-13,18,29H,14-16H2,1-2H3,(H,27,30,31)/t18-/m0/s1. The largest absolute Gasteiger partial charge is 0.491 e. The first-order chi connectivity index (χ1) is 16.4. The van der Waals surface area contributed by atoms with E-state index < -0.39 is 17.5 Å². The number of hydrogen-bond donors (Lipinski definition) is 2. The topological polar surface area (TPSA) is 107 Å². The molecule has 0 bridgehead atoms. The molecular weight excluding hydrogens is 436 g/mol. The fraction of sp³-hybridized carbons (Fsp3) is 0.231. The number of rotatable bonds is 9. The molecule has 0 fully saturated rings. The number of ether oxygens (including phenoxy) is 2. The van der Waals surface area contributed by atoms with Gasteiger partial charge in [0.15, 0.2) is 0 Å². The van der Waals surface area contributed by atoms with Crippen LogP contribution in [0.15, 0.2) is 80.8 Å². The van der Waals surface area contributed by atoms with Crippen LogP contribution in [0.4, 0.5) is 0 Å². The Hall–Kier alpha value is -4.04. The van der Waals surface area contributed by atoms with Gasteiger partial charge in [-0.3, -0.25) is 0 Å². The maximum absolute atomic E-state index is 11.6. The van der Waals surface area contributed by atoms with E-state index in [1.54, 1.807) is 6.92 Å². The number of aromatic amines is 1. The molecule has 4 rings (SSSR count). The predicted octanol–water partition coefficient (Wildman–Crippen LogP) is 3.49. The van der Waals surface area contributed by atoms with E-state index in [1.807, 2.05) is 61.5 Å². The Morgan fingerprint density at radius 2 is 1.74 bits per heavy atom. The van der Waals surface area contributed by atoms with Gasteiger partial charge in [0.2, 0.25) is 0 Å². The Morgan fingerprint density at radius 1 is 0.971 bits per heavy atom. The van der Waals surface area contributed by atoms with Crippen LogP contribution in [-0.4, -0.2) is 27.5 Å². The van der Waals surface area contributed by atoms with Gasteiger partial charge in [-0.25, -0.2) is 14.6 Å². The minimum Gasteiger partial charge on any atom is -0.491 e. The summed E-state index contributed by atoms with van der Waals surface area (Å²) in [6, 6.07) is 21.3. The Balaban J connectivity index is 1.39. The van der Waals surface area contributed by atoms with Crippen molar-refractivity contribution in [3.63, 3.8) is 0 Å². The highest BCUT2D eigenvalue weighted by Crippen LogP contribution is 2.28. The molecular formula is C26H26N2O6. The van der Waals surface area contributed by atoms with Gasteiger partial charge in [-0.1, -0.05) is 36.4 Å². The maximum Gasteiger partial charge on any atom is 0.440 e. The number of aryl methyl sites for hydroxylation is 1. The molecule has 0 radical (unpaired) electrons. The first kappa shape index (κ1) is 23.1. The fourth-order valence-corrected chi connectivity index (χ4v) is 3.54. The summed E-state index contributed by atoms with van der Waals surface area (Å²) in [7, 11) is 0. The van der Waals surface area contributed by atoms with Gasteiger partial charge in [0.05, 0.1) is 12.6 Å². The summed E-state index contributed by atoms with van der Waals surface area (Å²) in [6.45, 7) is 4.53. The zero-order chi connectivity index (χ0) is 24.1. The fourth-order valence-electron chi connectivity index (χ4n) is 3.54. The molecule has 1 atom stereocenters. The number of aliphatic hydroxyl groups excluding tert-OH is 1. The van der Waals surface area contributed by atoms with Crippen molar-refractivity contribution in [2.75, 3.05) is 6.61 Å². The summed E-state index contributed by atoms with van der Waals surface area (Å²) in [4.78, 5) is 24.7. The number of aliphatic hydroxyl groups is 1. The van der Waals surface area contributed by atoms with Gasteiger partial charge >= 0.3 is 11.4 Å². The van der Waals surface area contributed by atoms with Gasteiger partial charge in [0, 0.05) is 0 Å². The van der Waals surface area contributed by atoms with Crippen LogP contribution in [0.2, 0.25) is 0 Å². The van der Waals surface area contributed by atoms with E-state index in [1.165, 1.54) is 0 Å². The molecule has 0 aliphatic heterocycles. The Labute approximate surface area is 196 Å². The molecule has 34 heavy (non-hydrogen) atoms. The van der Waals surface area contributed by atoms with Crippen molar-refractivity contribution in [1.29, 1.82) is 0 Å². The lowest BCUT2D eigenvalue weighted by atomic mass is 9.99. The van der Waals surface area contributed by atoms with E-state index in [0.717, 1.165) is 38.3 Å². The first-order valence-electron chi connectivity index (χ1n) is 10.9. The zero-order valence-electron chi connectivity index (χ0n) is 19.0. The summed E-state index contributed by atoms with van der Waals surface area (Å²) in [5.41, 5.74) is 4.50. The number of benzene rings is 3. The van der Waals surface area contributed by atoms with Gasteiger partial charge in [0.25, 0.3) is 0 Å². The number of nitrogens with one attached hydrogen (secondary N) is 1. The molecule has 1 aromatic heterocycles. The average molecular weight is 463 g/mol. The zero-order valence-corrected chi connectivity index (χ0v) is 19.0. The normalized spacial score (nSPS) is 11.9. The van der Waals surface area contributed by atoms with Gasteiger partial charge in [-0.2, -0.15) is 0 Å². The number of hydrogen-bond acceptors (Lipinski definition) is 6. The molecule has 0 unspecified atom stereocenters. The van der Waals surface area contributed by atoms with Crippen molar-refractivity contribution in [2.45, 2.75) is 33.1 Å². The molecule has 8 nitrogen and oxygen atoms in total. The van der Waals surface area contributed by atoms with Crippen molar-refractivity contribution >= 4 is 0 Å². The highest BCUT2D eigenvalue weighted by Gasteiger charge is 2.07. The minimum absolute atomic E-state index is 0.155. The molecule has 8 heteroatoms. The van der Waals surface area contributed by atoms with Gasteiger partial charge < -0.3 is 19.1 Å². The van der Waals surface area contributed by atoms with Crippen LogP contribution in [0.1, 0.15) is 23.6 Å². The third-order valence-electron chi connectivity index (χ3n) is 5.21. The third kappa shape index (κ3) is 5.85. The van der Waals surface area contributed by atoms with Gasteiger partial charge in [-0.05, 0) is 72.0 Å². The lowest BCUT2D eigenvalue weighted by molar-refractivity contribution is 0.122. The minimum atomic E-state index is -0.775. The summed E-state index contributed by atoms with van der Waals surface area (Å²) < 4.78 is 17.3. The highest BCUT2D eigenvalue weighted by atomic mass is 16.5. The molecule has 0 aliphatic carbocycles. The SMILES string of the molecule is Cc1cc(OC[C@H](C)O)ccc1-c1cccc(COc2ccc(Cn3oc(=O)[nH]c3=O)cc2)c1. The highest BCUT2D eigenvalue weighted by molar-refractivity contribution is 5.68. The number of aromatic nitrogens is 2. The summed E-state index contributed by atoms with van der Waals surface area (Å²) in [6.07, 6.45) is -0.515. The van der Waals surface area contributed by atoms with Gasteiger partial charge in [-0.15, -0.1) is 4.74 Å². The molecule has 0 saturated carbocycles. The van der Waals surface area contributed by atoms with Crippen LogP contribution in [0.25, 0.3) is 11.1 Å². The second-order valence-corrected chi connectivity index (χ2v) is 8.12. The molecule has 1 heterocycles. The van der Waals surface area contributed by atoms with Crippen molar-refractivity contribution in [3.8, 4) is 22.6 Å². The van der Waals surface area contributed by atoms with Crippen molar-refractivity contribution in [3.05, 3.63) is 104 Å². The Morgan fingerprint density at radius 3 is 2.41 bits per heavy atom. The molecule has 0 spiro atoms. The lowest BCUT2D eigenvalue weighted by Gasteiger charge is -2.13.